The number of carbonyl (C=O) groups is 1. The molecular formula is C28H32N2O3. The second-order valence-electron chi connectivity index (χ2n) is 8.64. The van der Waals surface area contributed by atoms with Gasteiger partial charge in [0.15, 0.2) is 0 Å². The van der Waals surface area contributed by atoms with Gasteiger partial charge in [0, 0.05) is 32.6 Å². The van der Waals surface area contributed by atoms with Crippen LogP contribution < -0.4 is 4.74 Å². The summed E-state index contributed by atoms with van der Waals surface area (Å²) in [6.07, 6.45) is 2.05. The number of carboxylic acids is 1. The van der Waals surface area contributed by atoms with Gasteiger partial charge in [0.1, 0.15) is 5.75 Å². The van der Waals surface area contributed by atoms with Crippen LogP contribution in [0, 0.1) is 0 Å². The van der Waals surface area contributed by atoms with Crippen molar-refractivity contribution in [2.24, 2.45) is 0 Å². The van der Waals surface area contributed by atoms with Crippen LogP contribution in [0.25, 0.3) is 0 Å². The lowest BCUT2D eigenvalue weighted by Gasteiger charge is -2.22. The van der Waals surface area contributed by atoms with E-state index < -0.39 is 5.97 Å². The highest BCUT2D eigenvalue weighted by atomic mass is 16.5. The minimum Gasteiger partial charge on any atom is -0.493 e. The van der Waals surface area contributed by atoms with Gasteiger partial charge >= 0.3 is 5.97 Å². The molecule has 0 bridgehead atoms. The lowest BCUT2D eigenvalue weighted by atomic mass is 10.1. The summed E-state index contributed by atoms with van der Waals surface area (Å²) in [5.74, 6) is 0.0457. The Morgan fingerprint density at radius 1 is 0.727 bits per heavy atom. The first-order valence-corrected chi connectivity index (χ1v) is 11.7. The van der Waals surface area contributed by atoms with E-state index in [-0.39, 0.29) is 0 Å². The predicted molar refractivity (Wildman–Crippen MR) is 131 cm³/mol. The van der Waals surface area contributed by atoms with Crippen LogP contribution in [0.1, 0.15) is 33.5 Å². The summed E-state index contributed by atoms with van der Waals surface area (Å²) in [5.41, 5.74) is 4.11. The summed E-state index contributed by atoms with van der Waals surface area (Å²) in [4.78, 5) is 16.0. The van der Waals surface area contributed by atoms with Gasteiger partial charge in [0.25, 0.3) is 0 Å². The van der Waals surface area contributed by atoms with E-state index in [4.69, 9.17) is 9.84 Å². The number of aromatic carboxylic acids is 1. The number of nitrogens with zero attached hydrogens (tertiary/aromatic N) is 2. The van der Waals surface area contributed by atoms with Crippen molar-refractivity contribution in [3.05, 3.63) is 101 Å². The first-order chi connectivity index (χ1) is 16.2. The molecule has 0 amide bonds. The van der Waals surface area contributed by atoms with E-state index in [2.05, 4.69) is 58.3 Å². The number of rotatable bonds is 9. The molecule has 0 atom stereocenters. The van der Waals surface area contributed by atoms with Gasteiger partial charge in [-0.1, -0.05) is 54.6 Å². The molecule has 0 aliphatic carbocycles. The van der Waals surface area contributed by atoms with Crippen LogP contribution in [0.4, 0.5) is 0 Å². The molecule has 0 spiro atoms. The summed E-state index contributed by atoms with van der Waals surface area (Å²) in [6, 6.07) is 26.1. The van der Waals surface area contributed by atoms with Crippen LogP contribution in [0.5, 0.6) is 5.75 Å². The minimum absolute atomic E-state index is 0.341. The zero-order chi connectivity index (χ0) is 22.9. The molecule has 1 saturated heterocycles. The van der Waals surface area contributed by atoms with Crippen molar-refractivity contribution in [2.45, 2.75) is 25.9 Å². The van der Waals surface area contributed by atoms with Crippen LogP contribution in [0.3, 0.4) is 0 Å². The Labute approximate surface area is 196 Å². The Morgan fingerprint density at radius 3 is 1.88 bits per heavy atom. The fourth-order valence-corrected chi connectivity index (χ4v) is 4.23. The zero-order valence-electron chi connectivity index (χ0n) is 19.0. The number of ether oxygens (including phenoxy) is 1. The summed E-state index contributed by atoms with van der Waals surface area (Å²) >= 11 is 0. The maximum absolute atomic E-state index is 11.0. The quantitative estimate of drug-likeness (QED) is 0.518. The molecule has 0 saturated carbocycles. The van der Waals surface area contributed by atoms with E-state index >= 15 is 0 Å². The number of hydrogen-bond acceptors (Lipinski definition) is 4. The van der Waals surface area contributed by atoms with Crippen molar-refractivity contribution in [3.8, 4) is 5.75 Å². The molecule has 3 aromatic rings. The molecule has 1 N–H and O–H groups in total. The van der Waals surface area contributed by atoms with Gasteiger partial charge in [-0.05, 0) is 60.5 Å². The molecule has 3 aromatic carbocycles. The molecule has 0 unspecified atom stereocenters. The molecule has 1 aliphatic heterocycles. The SMILES string of the molecule is O=C(O)c1ccc(CN2CCCN(Cc3ccc(OCCc4ccccc4)cc3)CC2)cc1. The smallest absolute Gasteiger partial charge is 0.335 e. The predicted octanol–water partition coefficient (Wildman–Crippen LogP) is 4.71. The maximum atomic E-state index is 11.0. The number of carboxylic acid groups (broad SMARTS) is 1. The van der Waals surface area contributed by atoms with Crippen LogP contribution >= 0.6 is 0 Å². The third kappa shape index (κ3) is 7.17. The van der Waals surface area contributed by atoms with Crippen LogP contribution in [0.15, 0.2) is 78.9 Å². The molecule has 5 heteroatoms. The Balaban J connectivity index is 1.21. The first-order valence-electron chi connectivity index (χ1n) is 11.7. The fraction of sp³-hybridized carbons (Fsp3) is 0.321. The zero-order valence-corrected chi connectivity index (χ0v) is 19.0. The van der Waals surface area contributed by atoms with Crippen molar-refractivity contribution in [3.63, 3.8) is 0 Å². The first kappa shape index (κ1) is 23.0. The fourth-order valence-electron chi connectivity index (χ4n) is 4.23. The van der Waals surface area contributed by atoms with Crippen molar-refractivity contribution in [1.82, 2.24) is 9.80 Å². The van der Waals surface area contributed by atoms with E-state index in [9.17, 15) is 4.79 Å². The normalized spacial score (nSPS) is 15.2. The molecule has 4 rings (SSSR count). The van der Waals surface area contributed by atoms with E-state index in [1.165, 1.54) is 11.1 Å². The van der Waals surface area contributed by atoms with Gasteiger partial charge in [0.05, 0.1) is 12.2 Å². The van der Waals surface area contributed by atoms with Crippen molar-refractivity contribution in [2.75, 3.05) is 32.8 Å². The van der Waals surface area contributed by atoms with Crippen LogP contribution in [0.2, 0.25) is 0 Å². The molecule has 1 heterocycles. The van der Waals surface area contributed by atoms with Gasteiger partial charge in [-0.15, -0.1) is 0 Å². The van der Waals surface area contributed by atoms with Crippen LogP contribution in [-0.2, 0) is 19.5 Å². The maximum Gasteiger partial charge on any atom is 0.335 e. The summed E-state index contributed by atoms with van der Waals surface area (Å²) in [6.45, 7) is 6.69. The summed E-state index contributed by atoms with van der Waals surface area (Å²) in [7, 11) is 0. The monoisotopic (exact) mass is 444 g/mol. The topological polar surface area (TPSA) is 53.0 Å². The highest BCUT2D eigenvalue weighted by Gasteiger charge is 2.15. The van der Waals surface area contributed by atoms with E-state index in [1.807, 2.05) is 18.2 Å². The average molecular weight is 445 g/mol. The van der Waals surface area contributed by atoms with Gasteiger partial charge in [0.2, 0.25) is 0 Å². The Hall–Kier alpha value is -3.15. The van der Waals surface area contributed by atoms with Crippen molar-refractivity contribution < 1.29 is 14.6 Å². The standard InChI is InChI=1S/C28H32N2O3/c31-28(32)26-11-7-24(8-12-26)21-29-16-4-17-30(19-18-29)22-25-9-13-27(14-10-25)33-20-15-23-5-2-1-3-6-23/h1-3,5-14H,4,15-22H2,(H,31,32). The average Bonchev–Trinajstić information content (AvgIpc) is 3.06. The van der Waals surface area contributed by atoms with Crippen LogP contribution in [-0.4, -0.2) is 53.7 Å². The van der Waals surface area contributed by atoms with Gasteiger partial charge < -0.3 is 9.84 Å². The molecule has 172 valence electrons. The number of benzene rings is 3. The van der Waals surface area contributed by atoms with Crippen molar-refractivity contribution >= 4 is 5.97 Å². The second kappa shape index (κ2) is 11.6. The third-order valence-corrected chi connectivity index (χ3v) is 6.12. The summed E-state index contributed by atoms with van der Waals surface area (Å²) in [5, 5.41) is 9.06. The molecule has 0 radical (unpaired) electrons. The molecule has 1 aliphatic rings. The molecule has 0 aromatic heterocycles. The van der Waals surface area contributed by atoms with Gasteiger partial charge in [-0.2, -0.15) is 0 Å². The second-order valence-corrected chi connectivity index (χ2v) is 8.64. The Kier molecular flexibility index (Phi) is 8.12. The highest BCUT2D eigenvalue weighted by Crippen LogP contribution is 2.16. The Bertz CT molecular complexity index is 1000. The van der Waals surface area contributed by atoms with Gasteiger partial charge in [-0.3, -0.25) is 9.80 Å². The Morgan fingerprint density at radius 2 is 1.30 bits per heavy atom. The highest BCUT2D eigenvalue weighted by molar-refractivity contribution is 5.87. The van der Waals surface area contributed by atoms with E-state index in [0.717, 1.165) is 63.4 Å². The molecular weight excluding hydrogens is 412 g/mol. The number of hydrogen-bond donors (Lipinski definition) is 1. The van der Waals surface area contributed by atoms with Crippen molar-refractivity contribution in [1.29, 1.82) is 0 Å². The summed E-state index contributed by atoms with van der Waals surface area (Å²) < 4.78 is 5.91. The lowest BCUT2D eigenvalue weighted by Crippen LogP contribution is -2.30. The molecule has 1 fully saturated rings. The molecule has 33 heavy (non-hydrogen) atoms. The van der Waals surface area contributed by atoms with E-state index in [0.29, 0.717) is 12.2 Å². The third-order valence-electron chi connectivity index (χ3n) is 6.12. The lowest BCUT2D eigenvalue weighted by molar-refractivity contribution is 0.0697. The minimum atomic E-state index is -0.876. The molecule has 5 nitrogen and oxygen atoms in total. The largest absolute Gasteiger partial charge is 0.493 e. The van der Waals surface area contributed by atoms with E-state index in [1.54, 1.807) is 12.1 Å². The van der Waals surface area contributed by atoms with Gasteiger partial charge in [-0.25, -0.2) is 4.79 Å².